The molecule has 1 atom stereocenters. The fourth-order valence-electron chi connectivity index (χ4n) is 1.80. The zero-order chi connectivity index (χ0) is 16.8. The van der Waals surface area contributed by atoms with Crippen molar-refractivity contribution in [2.24, 2.45) is 0 Å². The molecule has 0 aliphatic rings. The van der Waals surface area contributed by atoms with Crippen LogP contribution in [0.2, 0.25) is 0 Å². The van der Waals surface area contributed by atoms with Crippen LogP contribution in [0.3, 0.4) is 0 Å². The van der Waals surface area contributed by atoms with E-state index in [2.05, 4.69) is 15.0 Å². The molecule has 1 heterocycles. The second-order valence-electron chi connectivity index (χ2n) is 4.92. The summed E-state index contributed by atoms with van der Waals surface area (Å²) in [5, 5.41) is 4.64. The molecular formula is C16H18N2O3S2. The summed E-state index contributed by atoms with van der Waals surface area (Å²) >= 11 is 3.00. The second-order valence-corrected chi connectivity index (χ2v) is 7.37. The Balaban J connectivity index is 1.84. The quantitative estimate of drug-likeness (QED) is 0.641. The summed E-state index contributed by atoms with van der Waals surface area (Å²) in [6, 6.07) is 6.97. The van der Waals surface area contributed by atoms with Crippen molar-refractivity contribution in [1.82, 2.24) is 10.3 Å². The molecular weight excluding hydrogens is 332 g/mol. The molecule has 1 aromatic heterocycles. The maximum absolute atomic E-state index is 12.1. The van der Waals surface area contributed by atoms with Crippen molar-refractivity contribution in [3.8, 4) is 0 Å². The standard InChI is InChI=1S/C16H18N2O3S2/c1-10-9-22-16(18-10)23-11(2)14(19)17-8-12-4-6-13(7-5-12)15(20)21-3/h4-7,9,11H,8H2,1-3H3,(H,17,19). The SMILES string of the molecule is COC(=O)c1ccc(CNC(=O)C(C)Sc2nc(C)cs2)cc1. The van der Waals surface area contributed by atoms with Gasteiger partial charge in [-0.1, -0.05) is 23.9 Å². The molecule has 0 aliphatic carbocycles. The number of hydrogen-bond donors (Lipinski definition) is 1. The predicted octanol–water partition coefficient (Wildman–Crippen LogP) is 3.04. The third-order valence-electron chi connectivity index (χ3n) is 3.09. The molecule has 0 radical (unpaired) electrons. The molecule has 0 spiro atoms. The van der Waals surface area contributed by atoms with Gasteiger partial charge in [-0.3, -0.25) is 4.79 Å². The van der Waals surface area contributed by atoms with Gasteiger partial charge in [0.05, 0.1) is 17.9 Å². The molecule has 1 unspecified atom stereocenters. The van der Waals surface area contributed by atoms with Crippen LogP contribution in [0.1, 0.15) is 28.5 Å². The second kappa shape index (κ2) is 8.12. The Morgan fingerprint density at radius 1 is 1.35 bits per heavy atom. The van der Waals surface area contributed by atoms with Gasteiger partial charge in [0.2, 0.25) is 5.91 Å². The summed E-state index contributed by atoms with van der Waals surface area (Å²) in [5.74, 6) is -0.413. The lowest BCUT2D eigenvalue weighted by Crippen LogP contribution is -2.30. The van der Waals surface area contributed by atoms with Crippen LogP contribution in [-0.2, 0) is 16.1 Å². The number of methoxy groups -OCH3 is 1. The number of carbonyl (C=O) groups is 2. The van der Waals surface area contributed by atoms with Crippen molar-refractivity contribution in [2.45, 2.75) is 30.0 Å². The number of aromatic nitrogens is 1. The molecule has 23 heavy (non-hydrogen) atoms. The van der Waals surface area contributed by atoms with Gasteiger partial charge in [0, 0.05) is 17.6 Å². The fourth-order valence-corrected chi connectivity index (χ4v) is 3.81. The van der Waals surface area contributed by atoms with E-state index in [9.17, 15) is 9.59 Å². The van der Waals surface area contributed by atoms with Gasteiger partial charge in [-0.2, -0.15) is 0 Å². The number of nitrogens with one attached hydrogen (secondary N) is 1. The van der Waals surface area contributed by atoms with Crippen LogP contribution < -0.4 is 5.32 Å². The number of aryl methyl sites for hydroxylation is 1. The lowest BCUT2D eigenvalue weighted by atomic mass is 10.1. The Morgan fingerprint density at radius 3 is 2.61 bits per heavy atom. The van der Waals surface area contributed by atoms with E-state index in [4.69, 9.17) is 0 Å². The first-order chi connectivity index (χ1) is 11.0. The van der Waals surface area contributed by atoms with Crippen LogP contribution in [0, 0.1) is 6.92 Å². The smallest absolute Gasteiger partial charge is 0.337 e. The molecule has 5 nitrogen and oxygen atoms in total. The summed E-state index contributed by atoms with van der Waals surface area (Å²) in [6.07, 6.45) is 0. The van der Waals surface area contributed by atoms with Gasteiger partial charge in [0.25, 0.3) is 0 Å². The van der Waals surface area contributed by atoms with Crippen LogP contribution in [0.4, 0.5) is 0 Å². The summed E-state index contributed by atoms with van der Waals surface area (Å²) in [4.78, 5) is 27.8. The summed E-state index contributed by atoms with van der Waals surface area (Å²) < 4.78 is 5.54. The van der Waals surface area contributed by atoms with Crippen LogP contribution >= 0.6 is 23.1 Å². The van der Waals surface area contributed by atoms with Gasteiger partial charge < -0.3 is 10.1 Å². The van der Waals surface area contributed by atoms with Crippen LogP contribution in [-0.4, -0.2) is 29.2 Å². The molecule has 0 bridgehead atoms. The number of carbonyl (C=O) groups excluding carboxylic acids is 2. The van der Waals surface area contributed by atoms with Gasteiger partial charge in [0.1, 0.15) is 0 Å². The average Bonchev–Trinajstić information content (AvgIpc) is 2.97. The number of nitrogens with zero attached hydrogens (tertiary/aromatic N) is 1. The first-order valence-electron chi connectivity index (χ1n) is 7.03. The number of amides is 1. The largest absolute Gasteiger partial charge is 0.465 e. The molecule has 0 aliphatic heterocycles. The highest BCUT2D eigenvalue weighted by molar-refractivity contribution is 8.02. The van der Waals surface area contributed by atoms with Crippen molar-refractivity contribution in [1.29, 1.82) is 0 Å². The van der Waals surface area contributed by atoms with E-state index in [1.807, 2.05) is 19.2 Å². The van der Waals surface area contributed by atoms with Crippen molar-refractivity contribution in [3.63, 3.8) is 0 Å². The van der Waals surface area contributed by atoms with Gasteiger partial charge >= 0.3 is 5.97 Å². The number of thioether (sulfide) groups is 1. The van der Waals surface area contributed by atoms with Gasteiger partial charge in [0.15, 0.2) is 4.34 Å². The zero-order valence-corrected chi connectivity index (χ0v) is 14.8. The van der Waals surface area contributed by atoms with E-state index in [0.717, 1.165) is 15.6 Å². The lowest BCUT2D eigenvalue weighted by Gasteiger charge is -2.10. The van der Waals surface area contributed by atoms with Crippen LogP contribution in [0.15, 0.2) is 34.0 Å². The number of thiazole rings is 1. The first-order valence-corrected chi connectivity index (χ1v) is 8.79. The number of esters is 1. The molecule has 2 rings (SSSR count). The van der Waals surface area contributed by atoms with E-state index in [1.54, 1.807) is 35.6 Å². The fraction of sp³-hybridized carbons (Fsp3) is 0.312. The number of hydrogen-bond acceptors (Lipinski definition) is 6. The molecule has 7 heteroatoms. The van der Waals surface area contributed by atoms with E-state index in [1.165, 1.54) is 18.9 Å². The molecule has 0 fully saturated rings. The Bertz CT molecular complexity index is 683. The highest BCUT2D eigenvalue weighted by Gasteiger charge is 2.15. The third-order valence-corrected chi connectivity index (χ3v) is 5.28. The topological polar surface area (TPSA) is 68.3 Å². The first kappa shape index (κ1) is 17.5. The van der Waals surface area contributed by atoms with E-state index < -0.39 is 0 Å². The molecule has 1 aromatic carbocycles. The van der Waals surface area contributed by atoms with Crippen LogP contribution in [0.5, 0.6) is 0 Å². The van der Waals surface area contributed by atoms with E-state index >= 15 is 0 Å². The van der Waals surface area contributed by atoms with E-state index in [-0.39, 0.29) is 17.1 Å². The molecule has 0 saturated carbocycles. The van der Waals surface area contributed by atoms with Gasteiger partial charge in [-0.05, 0) is 31.5 Å². The van der Waals surface area contributed by atoms with Gasteiger partial charge in [-0.15, -0.1) is 11.3 Å². The molecule has 1 N–H and O–H groups in total. The normalized spacial score (nSPS) is 11.8. The predicted molar refractivity (Wildman–Crippen MR) is 91.8 cm³/mol. The monoisotopic (exact) mass is 350 g/mol. The van der Waals surface area contributed by atoms with E-state index in [0.29, 0.717) is 12.1 Å². The Morgan fingerprint density at radius 2 is 2.04 bits per heavy atom. The summed E-state index contributed by atoms with van der Waals surface area (Å²) in [5.41, 5.74) is 2.38. The Kier molecular flexibility index (Phi) is 6.18. The minimum absolute atomic E-state index is 0.0418. The summed E-state index contributed by atoms with van der Waals surface area (Å²) in [6.45, 7) is 4.21. The maximum atomic E-state index is 12.1. The zero-order valence-electron chi connectivity index (χ0n) is 13.2. The molecule has 1 amide bonds. The molecule has 122 valence electrons. The third kappa shape index (κ3) is 5.07. The molecule has 0 saturated heterocycles. The lowest BCUT2D eigenvalue weighted by molar-refractivity contribution is -0.120. The Labute approximate surface area is 143 Å². The highest BCUT2D eigenvalue weighted by atomic mass is 32.2. The average molecular weight is 350 g/mol. The van der Waals surface area contributed by atoms with Crippen molar-refractivity contribution >= 4 is 35.0 Å². The molecule has 2 aromatic rings. The number of benzene rings is 1. The highest BCUT2D eigenvalue weighted by Crippen LogP contribution is 2.26. The van der Waals surface area contributed by atoms with Crippen molar-refractivity contribution in [2.75, 3.05) is 7.11 Å². The van der Waals surface area contributed by atoms with Crippen molar-refractivity contribution in [3.05, 3.63) is 46.5 Å². The minimum atomic E-state index is -0.371. The van der Waals surface area contributed by atoms with Gasteiger partial charge in [-0.25, -0.2) is 9.78 Å². The minimum Gasteiger partial charge on any atom is -0.465 e. The number of rotatable bonds is 6. The van der Waals surface area contributed by atoms with Crippen LogP contribution in [0.25, 0.3) is 0 Å². The van der Waals surface area contributed by atoms with Crippen molar-refractivity contribution < 1.29 is 14.3 Å². The maximum Gasteiger partial charge on any atom is 0.337 e. The number of ether oxygens (including phenoxy) is 1. The Hall–Kier alpha value is -1.86. The summed E-state index contributed by atoms with van der Waals surface area (Å²) in [7, 11) is 1.35.